The lowest BCUT2D eigenvalue weighted by atomic mass is 9.96. The van der Waals surface area contributed by atoms with Gasteiger partial charge in [0.15, 0.2) is 11.8 Å². The molecular formula is C22H29N7. The van der Waals surface area contributed by atoms with Crippen LogP contribution >= 0.6 is 0 Å². The highest BCUT2D eigenvalue weighted by Gasteiger charge is 2.15. The first-order valence-corrected chi connectivity index (χ1v) is 10.4. The zero-order valence-electron chi connectivity index (χ0n) is 17.2. The Kier molecular flexibility index (Phi) is 6.03. The number of benzene rings is 1. The van der Waals surface area contributed by atoms with Crippen molar-refractivity contribution in [1.82, 2.24) is 30.4 Å². The van der Waals surface area contributed by atoms with Gasteiger partial charge in [0.25, 0.3) is 0 Å². The fourth-order valence-corrected chi connectivity index (χ4v) is 3.82. The van der Waals surface area contributed by atoms with Crippen LogP contribution in [0.2, 0.25) is 0 Å². The maximum absolute atomic E-state index is 4.90. The fraction of sp³-hybridized carbons (Fsp3) is 0.455. The molecule has 2 aromatic heterocycles. The number of aromatic nitrogens is 4. The first kappa shape index (κ1) is 19.4. The third kappa shape index (κ3) is 4.72. The average molecular weight is 392 g/mol. The molecule has 1 saturated carbocycles. The summed E-state index contributed by atoms with van der Waals surface area (Å²) in [6.45, 7) is 3.15. The van der Waals surface area contributed by atoms with Crippen LogP contribution in [0.5, 0.6) is 0 Å². The Balaban J connectivity index is 1.52. The number of rotatable bonds is 5. The lowest BCUT2D eigenvalue weighted by molar-refractivity contribution is 0.409. The van der Waals surface area contributed by atoms with E-state index in [9.17, 15) is 0 Å². The summed E-state index contributed by atoms with van der Waals surface area (Å²) in [4.78, 5) is 9.35. The number of pyridine rings is 1. The second-order valence-corrected chi connectivity index (χ2v) is 7.71. The van der Waals surface area contributed by atoms with E-state index in [4.69, 9.17) is 4.99 Å². The van der Waals surface area contributed by atoms with Crippen LogP contribution in [-0.4, -0.2) is 31.7 Å². The van der Waals surface area contributed by atoms with Crippen molar-refractivity contribution in [1.29, 1.82) is 0 Å². The smallest absolute Gasteiger partial charge is 0.192 e. The van der Waals surface area contributed by atoms with E-state index in [2.05, 4.69) is 37.9 Å². The van der Waals surface area contributed by atoms with Crippen LogP contribution in [0.4, 0.5) is 0 Å². The molecule has 0 radical (unpaired) electrons. The topological polar surface area (TPSA) is 80.0 Å². The SMILES string of the molecule is Cc1nnc(CNC(=NCc2ccnc3ccccc23)NC2CCCCC2)n1C. The highest BCUT2D eigenvalue weighted by atomic mass is 15.3. The van der Waals surface area contributed by atoms with Crippen LogP contribution in [0.1, 0.15) is 49.3 Å². The Bertz CT molecular complexity index is 980. The van der Waals surface area contributed by atoms with Gasteiger partial charge in [0.2, 0.25) is 0 Å². The second kappa shape index (κ2) is 9.03. The average Bonchev–Trinajstić information content (AvgIpc) is 3.08. The van der Waals surface area contributed by atoms with Crippen molar-refractivity contribution in [3.8, 4) is 0 Å². The number of nitrogens with zero attached hydrogens (tertiary/aromatic N) is 5. The standard InChI is InChI=1S/C22H29N7/c1-16-27-28-21(29(16)2)15-25-22(26-18-8-4-3-5-9-18)24-14-17-12-13-23-20-11-7-6-10-19(17)20/h6-7,10-13,18H,3-5,8-9,14-15H2,1-2H3,(H2,24,25,26). The summed E-state index contributed by atoms with van der Waals surface area (Å²) in [6.07, 6.45) is 8.14. The van der Waals surface area contributed by atoms with E-state index in [0.29, 0.717) is 19.1 Å². The number of para-hydroxylation sites is 1. The van der Waals surface area contributed by atoms with Crippen molar-refractivity contribution in [2.45, 2.75) is 58.2 Å². The molecule has 29 heavy (non-hydrogen) atoms. The van der Waals surface area contributed by atoms with Gasteiger partial charge in [-0.2, -0.15) is 0 Å². The molecule has 1 aliphatic rings. The van der Waals surface area contributed by atoms with Crippen molar-refractivity contribution in [3.05, 3.63) is 53.7 Å². The maximum atomic E-state index is 4.90. The predicted molar refractivity (Wildman–Crippen MR) is 115 cm³/mol. The van der Waals surface area contributed by atoms with E-state index >= 15 is 0 Å². The van der Waals surface area contributed by atoms with Gasteiger partial charge >= 0.3 is 0 Å². The monoisotopic (exact) mass is 391 g/mol. The van der Waals surface area contributed by atoms with Gasteiger partial charge in [-0.05, 0) is 37.5 Å². The zero-order valence-corrected chi connectivity index (χ0v) is 17.2. The number of fused-ring (bicyclic) bond motifs is 1. The first-order valence-electron chi connectivity index (χ1n) is 10.4. The Morgan fingerprint density at radius 3 is 2.76 bits per heavy atom. The molecule has 0 saturated heterocycles. The summed E-state index contributed by atoms with van der Waals surface area (Å²) in [7, 11) is 1.99. The molecule has 7 nitrogen and oxygen atoms in total. The quantitative estimate of drug-likeness (QED) is 0.516. The van der Waals surface area contributed by atoms with E-state index in [1.165, 1.54) is 37.7 Å². The molecule has 2 N–H and O–H groups in total. The lowest BCUT2D eigenvalue weighted by Crippen LogP contribution is -2.44. The number of aliphatic imine (C=N–C) groups is 1. The molecule has 7 heteroatoms. The summed E-state index contributed by atoms with van der Waals surface area (Å²) >= 11 is 0. The minimum absolute atomic E-state index is 0.477. The third-order valence-corrected chi connectivity index (χ3v) is 5.69. The zero-order chi connectivity index (χ0) is 20.1. The van der Waals surface area contributed by atoms with Gasteiger partial charge in [-0.25, -0.2) is 4.99 Å². The molecule has 0 aliphatic heterocycles. The largest absolute Gasteiger partial charge is 0.354 e. The molecular weight excluding hydrogens is 362 g/mol. The molecule has 1 fully saturated rings. The van der Waals surface area contributed by atoms with Gasteiger partial charge < -0.3 is 15.2 Å². The fourth-order valence-electron chi connectivity index (χ4n) is 3.82. The minimum atomic E-state index is 0.477. The summed E-state index contributed by atoms with van der Waals surface area (Å²) in [5.74, 6) is 2.64. The molecule has 1 aromatic carbocycles. The van der Waals surface area contributed by atoms with Crippen molar-refractivity contribution >= 4 is 16.9 Å². The van der Waals surface area contributed by atoms with Gasteiger partial charge in [0.05, 0.1) is 18.6 Å². The molecule has 0 spiro atoms. The van der Waals surface area contributed by atoms with Crippen LogP contribution in [0.3, 0.4) is 0 Å². The molecule has 152 valence electrons. The molecule has 0 bridgehead atoms. The van der Waals surface area contributed by atoms with Crippen LogP contribution in [0.15, 0.2) is 41.5 Å². The summed E-state index contributed by atoms with van der Waals surface area (Å²) < 4.78 is 2.00. The van der Waals surface area contributed by atoms with Crippen molar-refractivity contribution in [2.24, 2.45) is 12.0 Å². The number of hydrogen-bond acceptors (Lipinski definition) is 4. The molecule has 2 heterocycles. The van der Waals surface area contributed by atoms with Crippen LogP contribution in [0.25, 0.3) is 10.9 Å². The molecule has 0 atom stereocenters. The van der Waals surface area contributed by atoms with Crippen molar-refractivity contribution in [3.63, 3.8) is 0 Å². The normalized spacial score (nSPS) is 15.6. The van der Waals surface area contributed by atoms with Gasteiger partial charge in [-0.1, -0.05) is 37.5 Å². The van der Waals surface area contributed by atoms with Gasteiger partial charge in [0, 0.05) is 24.7 Å². The van der Waals surface area contributed by atoms with Crippen molar-refractivity contribution in [2.75, 3.05) is 0 Å². The van der Waals surface area contributed by atoms with Gasteiger partial charge in [0.1, 0.15) is 5.82 Å². The Morgan fingerprint density at radius 2 is 1.97 bits per heavy atom. The maximum Gasteiger partial charge on any atom is 0.192 e. The molecule has 3 aromatic rings. The second-order valence-electron chi connectivity index (χ2n) is 7.71. The van der Waals surface area contributed by atoms with E-state index in [1.807, 2.05) is 42.9 Å². The number of hydrogen-bond donors (Lipinski definition) is 2. The Morgan fingerprint density at radius 1 is 1.14 bits per heavy atom. The van der Waals surface area contributed by atoms with Gasteiger partial charge in [-0.15, -0.1) is 10.2 Å². The number of nitrogens with one attached hydrogen (secondary N) is 2. The molecule has 1 aliphatic carbocycles. The first-order chi connectivity index (χ1) is 14.2. The lowest BCUT2D eigenvalue weighted by Gasteiger charge is -2.25. The summed E-state index contributed by atoms with van der Waals surface area (Å²) in [5, 5.41) is 16.6. The number of aryl methyl sites for hydroxylation is 1. The van der Waals surface area contributed by atoms with Gasteiger partial charge in [-0.3, -0.25) is 4.98 Å². The third-order valence-electron chi connectivity index (χ3n) is 5.69. The minimum Gasteiger partial charge on any atom is -0.354 e. The molecule has 0 amide bonds. The van der Waals surface area contributed by atoms with E-state index in [-0.39, 0.29) is 0 Å². The van der Waals surface area contributed by atoms with E-state index in [1.54, 1.807) is 0 Å². The number of guanidine groups is 1. The highest BCUT2D eigenvalue weighted by molar-refractivity contribution is 5.83. The van der Waals surface area contributed by atoms with E-state index < -0.39 is 0 Å². The van der Waals surface area contributed by atoms with E-state index in [0.717, 1.165) is 28.5 Å². The Labute approximate surface area is 171 Å². The van der Waals surface area contributed by atoms with Crippen LogP contribution in [-0.2, 0) is 20.1 Å². The summed E-state index contributed by atoms with van der Waals surface area (Å²) in [6, 6.07) is 10.7. The van der Waals surface area contributed by atoms with Crippen LogP contribution in [0, 0.1) is 6.92 Å². The van der Waals surface area contributed by atoms with Crippen LogP contribution < -0.4 is 10.6 Å². The Hall–Kier alpha value is -2.96. The van der Waals surface area contributed by atoms with Crippen molar-refractivity contribution < 1.29 is 0 Å². The molecule has 0 unspecified atom stereocenters. The highest BCUT2D eigenvalue weighted by Crippen LogP contribution is 2.18. The summed E-state index contributed by atoms with van der Waals surface area (Å²) in [5.41, 5.74) is 2.18. The molecule has 4 rings (SSSR count). The predicted octanol–water partition coefficient (Wildman–Crippen LogP) is 3.24.